The molecule has 0 radical (unpaired) electrons. The van der Waals surface area contributed by atoms with Crippen molar-refractivity contribution in [3.05, 3.63) is 76.6 Å². The average Bonchev–Trinajstić information content (AvgIpc) is 2.82. The molecule has 0 saturated heterocycles. The maximum absolute atomic E-state index is 13.4. The molecule has 0 atom stereocenters. The van der Waals surface area contributed by atoms with Gasteiger partial charge in [-0.2, -0.15) is 0 Å². The van der Waals surface area contributed by atoms with E-state index in [1.165, 1.54) is 7.11 Å². The van der Waals surface area contributed by atoms with Gasteiger partial charge in [0, 0.05) is 23.0 Å². The fraction of sp³-hybridized carbons (Fsp3) is 0.345. The highest BCUT2D eigenvalue weighted by molar-refractivity contribution is 5.92. The van der Waals surface area contributed by atoms with Gasteiger partial charge in [0.1, 0.15) is 11.4 Å². The van der Waals surface area contributed by atoms with Crippen molar-refractivity contribution in [2.75, 3.05) is 19.1 Å². The number of hydrogen-bond donors (Lipinski definition) is 0. The molecule has 0 N–H and O–H groups in total. The third-order valence-corrected chi connectivity index (χ3v) is 5.66. The zero-order valence-corrected chi connectivity index (χ0v) is 22.3. The van der Waals surface area contributed by atoms with E-state index in [-0.39, 0.29) is 6.54 Å². The van der Waals surface area contributed by atoms with Crippen LogP contribution in [0.4, 0.5) is 10.5 Å². The van der Waals surface area contributed by atoms with E-state index in [0.717, 1.165) is 33.6 Å². The zero-order valence-electron chi connectivity index (χ0n) is 22.3. The van der Waals surface area contributed by atoms with Gasteiger partial charge >= 0.3 is 12.1 Å². The molecule has 0 aliphatic heterocycles. The van der Waals surface area contributed by atoms with Crippen molar-refractivity contribution in [2.24, 2.45) is 0 Å². The van der Waals surface area contributed by atoms with Gasteiger partial charge < -0.3 is 14.2 Å². The van der Waals surface area contributed by atoms with Crippen molar-refractivity contribution < 1.29 is 23.8 Å². The molecule has 3 rings (SSSR count). The van der Waals surface area contributed by atoms with Crippen molar-refractivity contribution in [3.63, 3.8) is 0 Å². The second-order valence-electron chi connectivity index (χ2n) is 9.74. The van der Waals surface area contributed by atoms with E-state index in [9.17, 15) is 9.59 Å². The lowest BCUT2D eigenvalue weighted by atomic mass is 10.00. The normalized spacial score (nSPS) is 11.1. The minimum absolute atomic E-state index is 0.197. The van der Waals surface area contributed by atoms with Gasteiger partial charge in [0.2, 0.25) is 0 Å². The summed E-state index contributed by atoms with van der Waals surface area (Å²) in [5, 5.41) is 0. The molecular weight excluding hydrogens is 456 g/mol. The quantitative estimate of drug-likeness (QED) is 0.372. The number of esters is 1. The SMILES string of the molecule is COC(=O)c1cccc(-c2cc(C)cc(N(Cc3ncc(C)c(OC)c3C)C(=O)OC(C)(C)C)c2)c1. The maximum atomic E-state index is 13.4. The van der Waals surface area contributed by atoms with E-state index in [1.54, 1.807) is 36.4 Å². The predicted molar refractivity (Wildman–Crippen MR) is 141 cm³/mol. The summed E-state index contributed by atoms with van der Waals surface area (Å²) < 4.78 is 16.2. The van der Waals surface area contributed by atoms with E-state index in [1.807, 2.05) is 65.8 Å². The molecule has 0 saturated carbocycles. The van der Waals surface area contributed by atoms with E-state index in [4.69, 9.17) is 14.2 Å². The first-order valence-electron chi connectivity index (χ1n) is 11.7. The molecule has 36 heavy (non-hydrogen) atoms. The lowest BCUT2D eigenvalue weighted by molar-refractivity contribution is 0.0573. The Bertz CT molecular complexity index is 1280. The number of aryl methyl sites for hydroxylation is 2. The van der Waals surface area contributed by atoms with Crippen molar-refractivity contribution in [3.8, 4) is 16.9 Å². The summed E-state index contributed by atoms with van der Waals surface area (Å²) in [6, 6.07) is 13.1. The van der Waals surface area contributed by atoms with Gasteiger partial charge in [-0.15, -0.1) is 0 Å². The van der Waals surface area contributed by atoms with E-state index < -0.39 is 17.7 Å². The van der Waals surface area contributed by atoms with Crippen LogP contribution in [-0.2, 0) is 16.0 Å². The molecular formula is C29H34N2O5. The fourth-order valence-corrected chi connectivity index (χ4v) is 3.99. The van der Waals surface area contributed by atoms with Gasteiger partial charge in [-0.05, 0) is 82.5 Å². The van der Waals surface area contributed by atoms with Crippen molar-refractivity contribution in [1.82, 2.24) is 4.98 Å². The van der Waals surface area contributed by atoms with Gasteiger partial charge in [-0.1, -0.05) is 18.2 Å². The van der Waals surface area contributed by atoms with Crippen LogP contribution in [0, 0.1) is 20.8 Å². The van der Waals surface area contributed by atoms with Crippen LogP contribution < -0.4 is 9.64 Å². The molecule has 1 aromatic heterocycles. The number of carbonyl (C=O) groups is 2. The molecule has 0 bridgehead atoms. The molecule has 190 valence electrons. The highest BCUT2D eigenvalue weighted by Gasteiger charge is 2.26. The van der Waals surface area contributed by atoms with Crippen LogP contribution in [-0.4, -0.2) is 36.9 Å². The monoisotopic (exact) mass is 490 g/mol. The summed E-state index contributed by atoms with van der Waals surface area (Å²) in [4.78, 5) is 31.7. The van der Waals surface area contributed by atoms with Crippen LogP contribution in [0.1, 0.15) is 53.5 Å². The highest BCUT2D eigenvalue weighted by Crippen LogP contribution is 2.31. The molecule has 1 heterocycles. The standard InChI is InChI=1S/C29H34N2O5/c1-18-12-23(21-10-9-11-22(14-21)27(32)35-8)15-24(13-18)31(28(33)36-29(4,5)6)17-25-20(3)26(34-7)19(2)16-30-25/h9-16H,17H2,1-8H3. The Kier molecular flexibility index (Phi) is 8.03. The fourth-order valence-electron chi connectivity index (χ4n) is 3.99. The number of ether oxygens (including phenoxy) is 3. The number of benzene rings is 2. The van der Waals surface area contributed by atoms with Crippen LogP contribution in [0.15, 0.2) is 48.7 Å². The molecule has 2 aromatic carbocycles. The third-order valence-electron chi connectivity index (χ3n) is 5.66. The van der Waals surface area contributed by atoms with Gasteiger partial charge in [0.15, 0.2) is 0 Å². The molecule has 7 nitrogen and oxygen atoms in total. The number of anilines is 1. The van der Waals surface area contributed by atoms with Gasteiger partial charge in [0.25, 0.3) is 0 Å². The first-order chi connectivity index (χ1) is 16.9. The minimum Gasteiger partial charge on any atom is -0.496 e. The molecule has 7 heteroatoms. The predicted octanol–water partition coefficient (Wildman–Crippen LogP) is 6.41. The lowest BCUT2D eigenvalue weighted by Gasteiger charge is -2.28. The lowest BCUT2D eigenvalue weighted by Crippen LogP contribution is -2.37. The summed E-state index contributed by atoms with van der Waals surface area (Å²) in [7, 11) is 2.98. The van der Waals surface area contributed by atoms with Gasteiger partial charge in [-0.25, -0.2) is 9.59 Å². The van der Waals surface area contributed by atoms with Crippen molar-refractivity contribution in [2.45, 2.75) is 53.7 Å². The number of amides is 1. The van der Waals surface area contributed by atoms with Crippen molar-refractivity contribution in [1.29, 1.82) is 0 Å². The first-order valence-corrected chi connectivity index (χ1v) is 11.7. The molecule has 0 fully saturated rings. The van der Waals surface area contributed by atoms with E-state index >= 15 is 0 Å². The van der Waals surface area contributed by atoms with Crippen LogP contribution >= 0.6 is 0 Å². The maximum Gasteiger partial charge on any atom is 0.415 e. The number of pyridine rings is 1. The Hall–Kier alpha value is -3.87. The second kappa shape index (κ2) is 10.8. The summed E-state index contributed by atoms with van der Waals surface area (Å²) >= 11 is 0. The van der Waals surface area contributed by atoms with Crippen LogP contribution in [0.2, 0.25) is 0 Å². The first kappa shape index (κ1) is 26.7. The number of rotatable bonds is 6. The van der Waals surface area contributed by atoms with Gasteiger partial charge in [-0.3, -0.25) is 9.88 Å². The Balaban J connectivity index is 2.11. The minimum atomic E-state index is -0.676. The molecule has 0 spiro atoms. The summed E-state index contributed by atoms with van der Waals surface area (Å²) in [6.07, 6.45) is 1.26. The summed E-state index contributed by atoms with van der Waals surface area (Å²) in [5.74, 6) is 0.337. The Morgan fingerprint density at radius 3 is 2.33 bits per heavy atom. The summed E-state index contributed by atoms with van der Waals surface area (Å²) in [5.41, 5.74) is 5.57. The Morgan fingerprint density at radius 1 is 0.972 bits per heavy atom. The molecule has 1 amide bonds. The molecule has 0 unspecified atom stereocenters. The number of aromatic nitrogens is 1. The number of nitrogens with zero attached hydrogens (tertiary/aromatic N) is 2. The molecule has 0 aliphatic rings. The largest absolute Gasteiger partial charge is 0.496 e. The highest BCUT2D eigenvalue weighted by atomic mass is 16.6. The van der Waals surface area contributed by atoms with Crippen molar-refractivity contribution >= 4 is 17.7 Å². The van der Waals surface area contributed by atoms with Gasteiger partial charge in [0.05, 0.1) is 32.0 Å². The zero-order chi connectivity index (χ0) is 26.6. The number of carbonyl (C=O) groups excluding carboxylic acids is 2. The smallest absolute Gasteiger partial charge is 0.415 e. The van der Waals surface area contributed by atoms with Crippen LogP contribution in [0.25, 0.3) is 11.1 Å². The molecule has 0 aliphatic carbocycles. The average molecular weight is 491 g/mol. The third kappa shape index (κ3) is 6.22. The Labute approximate surface area is 213 Å². The van der Waals surface area contributed by atoms with E-state index in [0.29, 0.717) is 16.9 Å². The Morgan fingerprint density at radius 2 is 1.69 bits per heavy atom. The summed E-state index contributed by atoms with van der Waals surface area (Å²) in [6.45, 7) is 11.5. The number of methoxy groups -OCH3 is 2. The van der Waals surface area contributed by atoms with E-state index in [2.05, 4.69) is 4.98 Å². The van der Waals surface area contributed by atoms with Crippen LogP contribution in [0.5, 0.6) is 5.75 Å². The van der Waals surface area contributed by atoms with Crippen LogP contribution in [0.3, 0.4) is 0 Å². The molecule has 3 aromatic rings. The second-order valence-corrected chi connectivity index (χ2v) is 9.74. The number of hydrogen-bond acceptors (Lipinski definition) is 6. The topological polar surface area (TPSA) is 78.0 Å².